The van der Waals surface area contributed by atoms with E-state index in [2.05, 4.69) is 11.1 Å². The molecule has 0 aliphatic heterocycles. The molecule has 1 aromatic carbocycles. The van der Waals surface area contributed by atoms with E-state index in [9.17, 15) is 0 Å². The summed E-state index contributed by atoms with van der Waals surface area (Å²) in [5.41, 5.74) is 7.77. The van der Waals surface area contributed by atoms with E-state index in [0.717, 1.165) is 11.1 Å². The molecule has 19 heavy (non-hydrogen) atoms. The van der Waals surface area contributed by atoms with E-state index in [1.807, 2.05) is 0 Å². The highest BCUT2D eigenvalue weighted by molar-refractivity contribution is 6.44. The van der Waals surface area contributed by atoms with Gasteiger partial charge < -0.3 is 5.73 Å². The van der Waals surface area contributed by atoms with Crippen molar-refractivity contribution in [2.24, 2.45) is 0 Å². The summed E-state index contributed by atoms with van der Waals surface area (Å²) in [6.07, 6.45) is 1.78. The van der Waals surface area contributed by atoms with Crippen LogP contribution in [0.25, 0.3) is 11.1 Å². The normalized spacial score (nSPS) is 10.2. The summed E-state index contributed by atoms with van der Waals surface area (Å²) in [5, 5.41) is 10.1. The van der Waals surface area contributed by atoms with Gasteiger partial charge >= 0.3 is 0 Å². The average Bonchev–Trinajstić information content (AvgIpc) is 2.35. The molecule has 0 saturated heterocycles. The van der Waals surface area contributed by atoms with Crippen molar-refractivity contribution >= 4 is 40.6 Å². The molecule has 0 bridgehead atoms. The molecule has 2 rings (SSSR count). The molecule has 2 N–H and O–H groups in total. The van der Waals surface area contributed by atoms with Crippen molar-refractivity contribution in [3.8, 4) is 17.2 Å². The Balaban J connectivity index is 2.65. The predicted molar refractivity (Wildman–Crippen MR) is 78.4 cm³/mol. The quantitative estimate of drug-likeness (QED) is 0.838. The van der Waals surface area contributed by atoms with E-state index in [0.29, 0.717) is 26.4 Å². The van der Waals surface area contributed by atoms with Crippen LogP contribution in [0.5, 0.6) is 0 Å². The molecule has 6 heteroatoms. The van der Waals surface area contributed by atoms with Gasteiger partial charge in [-0.25, -0.2) is 4.98 Å². The number of benzene rings is 1. The van der Waals surface area contributed by atoms with Crippen LogP contribution >= 0.6 is 34.8 Å². The first kappa shape index (κ1) is 14.0. The second-order valence-corrected chi connectivity index (χ2v) is 5.07. The van der Waals surface area contributed by atoms with Gasteiger partial charge in [0.25, 0.3) is 0 Å². The number of aromatic nitrogens is 1. The highest BCUT2D eigenvalue weighted by Crippen LogP contribution is 2.36. The van der Waals surface area contributed by atoms with Crippen LogP contribution in [-0.2, 0) is 6.42 Å². The lowest BCUT2D eigenvalue weighted by Gasteiger charge is -2.10. The maximum Gasteiger partial charge on any atom is 0.123 e. The molecule has 0 saturated carbocycles. The number of nitriles is 1. The predicted octanol–water partition coefficient (Wildman–Crippen LogP) is 4.36. The lowest BCUT2D eigenvalue weighted by Crippen LogP contribution is -1.96. The molecule has 1 heterocycles. The van der Waals surface area contributed by atoms with Crippen molar-refractivity contribution in [3.05, 3.63) is 45.0 Å². The number of nitrogens with two attached hydrogens (primary N) is 1. The summed E-state index contributed by atoms with van der Waals surface area (Å²) in [6, 6.07) is 6.95. The Morgan fingerprint density at radius 3 is 2.42 bits per heavy atom. The third-order valence-corrected chi connectivity index (χ3v) is 3.62. The Hall–Kier alpha value is -1.47. The highest BCUT2D eigenvalue weighted by Gasteiger charge is 2.12. The topological polar surface area (TPSA) is 62.7 Å². The first-order valence-electron chi connectivity index (χ1n) is 5.29. The molecule has 0 aliphatic rings. The summed E-state index contributed by atoms with van der Waals surface area (Å²) in [6.45, 7) is 0. The number of nitrogens with zero attached hydrogens (tertiary/aromatic N) is 2. The molecule has 0 atom stereocenters. The van der Waals surface area contributed by atoms with Gasteiger partial charge in [0.05, 0.1) is 27.6 Å². The molecule has 0 unspecified atom stereocenters. The van der Waals surface area contributed by atoms with E-state index in [1.54, 1.807) is 24.4 Å². The Morgan fingerprint density at radius 1 is 1.05 bits per heavy atom. The fourth-order valence-corrected chi connectivity index (χ4v) is 2.37. The zero-order chi connectivity index (χ0) is 14.0. The van der Waals surface area contributed by atoms with Crippen molar-refractivity contribution in [1.29, 1.82) is 5.26 Å². The molecule has 0 radical (unpaired) electrons. The second kappa shape index (κ2) is 5.66. The third kappa shape index (κ3) is 2.93. The first-order valence-corrected chi connectivity index (χ1v) is 6.42. The zero-order valence-electron chi connectivity index (χ0n) is 9.62. The lowest BCUT2D eigenvalue weighted by atomic mass is 10.00. The van der Waals surface area contributed by atoms with Crippen molar-refractivity contribution in [2.45, 2.75) is 6.42 Å². The van der Waals surface area contributed by atoms with Crippen LogP contribution < -0.4 is 5.73 Å². The Labute approximate surface area is 125 Å². The molecule has 0 aliphatic carbocycles. The summed E-state index contributed by atoms with van der Waals surface area (Å²) in [5.74, 6) is 0.352. The molecule has 96 valence electrons. The van der Waals surface area contributed by atoms with Crippen LogP contribution in [0.1, 0.15) is 5.56 Å². The molecular formula is C13H8Cl3N3. The lowest BCUT2D eigenvalue weighted by molar-refractivity contribution is 1.22. The number of rotatable bonds is 2. The van der Waals surface area contributed by atoms with Gasteiger partial charge in [-0.1, -0.05) is 34.8 Å². The van der Waals surface area contributed by atoms with Crippen LogP contribution in [-0.4, -0.2) is 4.98 Å². The standard InChI is InChI=1S/C13H8Cl3N3/c14-10-5-12(16)11(15)4-8(10)9-6-19-13(18)3-7(9)1-2-17/h3-6H,1H2,(H2,18,19). The molecule has 1 aromatic heterocycles. The summed E-state index contributed by atoms with van der Waals surface area (Å²) < 4.78 is 0. The molecule has 2 aromatic rings. The monoisotopic (exact) mass is 311 g/mol. The van der Waals surface area contributed by atoms with E-state index in [-0.39, 0.29) is 6.42 Å². The SMILES string of the molecule is N#CCc1cc(N)ncc1-c1cc(Cl)c(Cl)cc1Cl. The molecular weight excluding hydrogens is 305 g/mol. The van der Waals surface area contributed by atoms with E-state index >= 15 is 0 Å². The maximum atomic E-state index is 8.86. The minimum absolute atomic E-state index is 0.207. The van der Waals surface area contributed by atoms with E-state index < -0.39 is 0 Å². The molecule has 3 nitrogen and oxygen atoms in total. The molecule has 0 spiro atoms. The van der Waals surface area contributed by atoms with Crippen LogP contribution in [0.3, 0.4) is 0 Å². The zero-order valence-corrected chi connectivity index (χ0v) is 11.9. The Bertz CT molecular complexity index is 678. The van der Waals surface area contributed by atoms with Gasteiger partial charge in [-0.15, -0.1) is 0 Å². The van der Waals surface area contributed by atoms with E-state index in [4.69, 9.17) is 45.8 Å². The van der Waals surface area contributed by atoms with Gasteiger partial charge in [0, 0.05) is 17.3 Å². The number of hydrogen-bond donors (Lipinski definition) is 1. The van der Waals surface area contributed by atoms with Gasteiger partial charge in [0.15, 0.2) is 0 Å². The minimum Gasteiger partial charge on any atom is -0.384 e. The van der Waals surface area contributed by atoms with Crippen LogP contribution in [0.15, 0.2) is 24.4 Å². The van der Waals surface area contributed by atoms with Crippen molar-refractivity contribution in [2.75, 3.05) is 5.73 Å². The minimum atomic E-state index is 0.207. The van der Waals surface area contributed by atoms with Crippen LogP contribution in [0.2, 0.25) is 15.1 Å². The third-order valence-electron chi connectivity index (χ3n) is 2.58. The van der Waals surface area contributed by atoms with Gasteiger partial charge in [-0.2, -0.15) is 5.26 Å². The summed E-state index contributed by atoms with van der Waals surface area (Å²) >= 11 is 18.1. The first-order chi connectivity index (χ1) is 9.02. The average molecular weight is 313 g/mol. The maximum absolute atomic E-state index is 8.86. The fourth-order valence-electron chi connectivity index (χ4n) is 1.72. The van der Waals surface area contributed by atoms with Crippen molar-refractivity contribution in [1.82, 2.24) is 4.98 Å². The van der Waals surface area contributed by atoms with Crippen molar-refractivity contribution < 1.29 is 0 Å². The van der Waals surface area contributed by atoms with Gasteiger partial charge in [0.2, 0.25) is 0 Å². The smallest absolute Gasteiger partial charge is 0.123 e. The van der Waals surface area contributed by atoms with Gasteiger partial charge in [0.1, 0.15) is 5.82 Å². The molecule has 0 fully saturated rings. The Kier molecular flexibility index (Phi) is 4.16. The van der Waals surface area contributed by atoms with E-state index in [1.165, 1.54) is 0 Å². The van der Waals surface area contributed by atoms with Crippen LogP contribution in [0, 0.1) is 11.3 Å². The highest BCUT2D eigenvalue weighted by atomic mass is 35.5. The van der Waals surface area contributed by atoms with Gasteiger partial charge in [-0.05, 0) is 23.8 Å². The summed E-state index contributed by atoms with van der Waals surface area (Å²) in [7, 11) is 0. The number of halogens is 3. The Morgan fingerprint density at radius 2 is 1.74 bits per heavy atom. The van der Waals surface area contributed by atoms with Crippen LogP contribution in [0.4, 0.5) is 5.82 Å². The molecule has 0 amide bonds. The number of anilines is 1. The van der Waals surface area contributed by atoms with Crippen molar-refractivity contribution in [3.63, 3.8) is 0 Å². The summed E-state index contributed by atoms with van der Waals surface area (Å²) in [4.78, 5) is 4.03. The number of pyridine rings is 1. The second-order valence-electron chi connectivity index (χ2n) is 3.85. The van der Waals surface area contributed by atoms with Gasteiger partial charge in [-0.3, -0.25) is 0 Å². The fraction of sp³-hybridized carbons (Fsp3) is 0.0769. The number of hydrogen-bond acceptors (Lipinski definition) is 3. The largest absolute Gasteiger partial charge is 0.384 e. The number of nitrogen functional groups attached to an aromatic ring is 1.